The maximum atomic E-state index is 10.4. The maximum Gasteiger partial charge on any atom is 0.162 e. The molecule has 0 saturated carbocycles. The largest absolute Gasteiger partial charge is 0.309 e. The Morgan fingerprint density at radius 3 is 0.832 bits per heavy atom. The molecular formula is C114H89N11. The third kappa shape index (κ3) is 13.0. The second-order valence-electron chi connectivity index (χ2n) is 37.1. The van der Waals surface area contributed by atoms with E-state index in [-0.39, 0.29) is 21.7 Å². The predicted molar refractivity (Wildman–Crippen MR) is 516 cm³/mol. The quantitative estimate of drug-likeness (QED) is 0.141. The van der Waals surface area contributed by atoms with E-state index in [9.17, 15) is 21.0 Å². The fraction of sp³-hybridized carbons (Fsp3) is 0.140. The van der Waals surface area contributed by atoms with Gasteiger partial charge >= 0.3 is 0 Å². The van der Waals surface area contributed by atoms with Crippen LogP contribution in [-0.2, 0) is 21.7 Å². The summed E-state index contributed by atoms with van der Waals surface area (Å²) in [5.41, 5.74) is 28.7. The minimum Gasteiger partial charge on any atom is -0.309 e. The number of benzene rings is 14. The number of nitrogens with zero attached hydrogens (tertiary/aromatic N) is 11. The van der Waals surface area contributed by atoms with Crippen LogP contribution in [0.1, 0.15) is 128 Å². The van der Waals surface area contributed by atoms with Crippen LogP contribution >= 0.6 is 0 Å². The molecule has 11 heteroatoms. The van der Waals surface area contributed by atoms with Crippen molar-refractivity contribution in [1.29, 1.82) is 21.0 Å². The van der Waals surface area contributed by atoms with Crippen molar-refractivity contribution in [2.24, 2.45) is 0 Å². The lowest BCUT2D eigenvalue weighted by Gasteiger charge is -2.23. The minimum absolute atomic E-state index is 0.0109. The molecule has 7 aromatic heterocycles. The summed E-state index contributed by atoms with van der Waals surface area (Å²) >= 11 is 0. The van der Waals surface area contributed by atoms with Gasteiger partial charge in [-0.1, -0.05) is 253 Å². The van der Waals surface area contributed by atoms with Crippen LogP contribution in [0.5, 0.6) is 0 Å². The maximum absolute atomic E-state index is 10.4. The SMILES string of the molecule is CC(C)(C)c1ccc2c(c1)c1cc(C(C)(C)C)ccc1n2-c1ccc(-c2cncc(-c3ccc(-n4c5ccc(C(C)(C)C)cc5c5cc(C(C)(C)C)ccc54)cc3)c2-c2ccc(C#N)c(C#N)c2)cc1.N#Cc1ccc(-c2c(-n3c4ccccc4c4ccccc43)cnc(-n3c4ccccc4c4ccccc43)c2-n2c3ccccc3c3ccccc32)cc1C#N. The van der Waals surface area contributed by atoms with Crippen molar-refractivity contribution in [2.45, 2.75) is 105 Å². The number of fused-ring (bicyclic) bond motifs is 15. The lowest BCUT2D eigenvalue weighted by atomic mass is 9.85. The van der Waals surface area contributed by atoms with Gasteiger partial charge in [-0.25, -0.2) is 4.98 Å². The summed E-state index contributed by atoms with van der Waals surface area (Å²) in [5.74, 6) is 0.742. The Balaban J connectivity index is 0.000000162. The molecule has 600 valence electrons. The van der Waals surface area contributed by atoms with E-state index in [1.165, 1.54) is 65.9 Å². The van der Waals surface area contributed by atoms with Crippen LogP contribution in [0.15, 0.2) is 322 Å². The van der Waals surface area contributed by atoms with Gasteiger partial charge in [0.2, 0.25) is 0 Å². The fourth-order valence-electron chi connectivity index (χ4n) is 18.8. The van der Waals surface area contributed by atoms with Gasteiger partial charge in [0.15, 0.2) is 5.82 Å². The van der Waals surface area contributed by atoms with Gasteiger partial charge in [0.25, 0.3) is 0 Å². The molecule has 21 aromatic rings. The number of hydrogen-bond acceptors (Lipinski definition) is 6. The highest BCUT2D eigenvalue weighted by atomic mass is 15.1. The molecule has 0 saturated heterocycles. The molecule has 7 heterocycles. The summed E-state index contributed by atoms with van der Waals surface area (Å²) in [5, 5.41) is 52.4. The first kappa shape index (κ1) is 77.9. The van der Waals surface area contributed by atoms with Crippen molar-refractivity contribution in [3.63, 3.8) is 0 Å². The molecule has 0 aliphatic carbocycles. The standard InChI is InChI=1S/C65H61N5.C49H28N6/c1-62(2,3)45-19-27-57-51(32-45)52-33-46(63(4,5)6)20-28-58(52)69(57)49-23-15-40(16-24-49)55-38-68-39-56(61(55)42-13-14-43(36-66)44(31-42)37-67)41-17-25-50(26-18-41)70-59-29-21-47(64(7,8)9)34-53(59)54-35-48(65(10,11)12)22-30-60(54)70;50-28-32-26-25-31(27-33(32)29-51)47-46(53-40-19-7-1-13-34(40)35-14-2-8-20-41(35)53)30-52-49(55-44-23-11-5-17-38(44)39-18-6-12-24-45(39)55)48(47)54-42-21-9-3-15-36(42)37-16-4-10-22-43(37)54/h13-35,38-39H,1-12H3;1-27,30H. The number of para-hydroxylation sites is 6. The minimum atomic E-state index is 0.0109. The summed E-state index contributed by atoms with van der Waals surface area (Å²) < 4.78 is 11.7. The van der Waals surface area contributed by atoms with Gasteiger partial charge in [0.05, 0.1) is 95.0 Å². The molecule has 0 radical (unpaired) electrons. The van der Waals surface area contributed by atoms with Crippen LogP contribution in [0.25, 0.3) is 182 Å². The van der Waals surface area contributed by atoms with E-state index in [1.54, 1.807) is 12.1 Å². The summed E-state index contributed by atoms with van der Waals surface area (Å²) in [6.07, 6.45) is 5.82. The predicted octanol–water partition coefficient (Wildman–Crippen LogP) is 29.0. The van der Waals surface area contributed by atoms with Crippen LogP contribution in [0.2, 0.25) is 0 Å². The van der Waals surface area contributed by atoms with Crippen LogP contribution < -0.4 is 0 Å². The van der Waals surface area contributed by atoms with Crippen LogP contribution in [0.4, 0.5) is 0 Å². The van der Waals surface area contributed by atoms with Gasteiger partial charge in [0.1, 0.15) is 24.3 Å². The summed E-state index contributed by atoms with van der Waals surface area (Å²) in [6.45, 7) is 27.3. The lowest BCUT2D eigenvalue weighted by Crippen LogP contribution is -2.11. The second-order valence-corrected chi connectivity index (χ2v) is 37.1. The first-order valence-corrected chi connectivity index (χ1v) is 42.6. The van der Waals surface area contributed by atoms with E-state index in [0.717, 1.165) is 138 Å². The zero-order valence-corrected chi connectivity index (χ0v) is 72.0. The molecule has 11 nitrogen and oxygen atoms in total. The topological polar surface area (TPSA) is 146 Å². The third-order valence-corrected chi connectivity index (χ3v) is 25.3. The van der Waals surface area contributed by atoms with E-state index in [0.29, 0.717) is 22.3 Å². The number of hydrogen-bond donors (Lipinski definition) is 0. The Kier molecular flexibility index (Phi) is 18.5. The van der Waals surface area contributed by atoms with Crippen molar-refractivity contribution in [1.82, 2.24) is 32.8 Å². The normalized spacial score (nSPS) is 12.1. The molecule has 0 atom stereocenters. The Bertz CT molecular complexity index is 7720. The highest BCUT2D eigenvalue weighted by molar-refractivity contribution is 6.16. The molecular weight excluding hydrogens is 1520 g/mol. The summed E-state index contributed by atoms with van der Waals surface area (Å²) in [7, 11) is 0. The van der Waals surface area contributed by atoms with Gasteiger partial charge < -0.3 is 18.3 Å². The molecule has 125 heavy (non-hydrogen) atoms. The fourth-order valence-corrected chi connectivity index (χ4v) is 18.8. The number of nitriles is 4. The third-order valence-electron chi connectivity index (χ3n) is 25.3. The van der Waals surface area contributed by atoms with Gasteiger partial charge in [-0.3, -0.25) is 9.55 Å². The van der Waals surface area contributed by atoms with Gasteiger partial charge in [-0.05, 0) is 200 Å². The second kappa shape index (κ2) is 29.6. The van der Waals surface area contributed by atoms with Gasteiger partial charge in [-0.2, -0.15) is 21.0 Å². The smallest absolute Gasteiger partial charge is 0.162 e. The molecule has 0 aliphatic rings. The van der Waals surface area contributed by atoms with Gasteiger partial charge in [-0.15, -0.1) is 0 Å². The van der Waals surface area contributed by atoms with E-state index in [1.807, 2.05) is 42.9 Å². The lowest BCUT2D eigenvalue weighted by molar-refractivity contribution is 0.590. The number of pyridine rings is 2. The van der Waals surface area contributed by atoms with Crippen molar-refractivity contribution in [3.8, 4) is 97.4 Å². The molecule has 21 rings (SSSR count). The Morgan fingerprint density at radius 1 is 0.240 bits per heavy atom. The Morgan fingerprint density at radius 2 is 0.520 bits per heavy atom. The Labute approximate surface area is 726 Å². The monoisotopic (exact) mass is 1610 g/mol. The average molecular weight is 1610 g/mol. The van der Waals surface area contributed by atoms with Crippen molar-refractivity contribution < 1.29 is 0 Å². The zero-order chi connectivity index (χ0) is 86.3. The molecule has 0 amide bonds. The van der Waals surface area contributed by atoms with Gasteiger partial charge in [0, 0.05) is 99.9 Å². The molecule has 0 bridgehead atoms. The molecule has 0 aliphatic heterocycles. The highest BCUT2D eigenvalue weighted by Crippen LogP contribution is 2.49. The first-order valence-electron chi connectivity index (χ1n) is 42.6. The molecule has 14 aromatic carbocycles. The Hall–Kier alpha value is -15.7. The van der Waals surface area contributed by atoms with Crippen molar-refractivity contribution in [3.05, 3.63) is 366 Å². The van der Waals surface area contributed by atoms with E-state index in [4.69, 9.17) is 9.97 Å². The molecule has 0 N–H and O–H groups in total. The average Bonchev–Trinajstić information content (AvgIpc) is 1.54. The van der Waals surface area contributed by atoms with Crippen molar-refractivity contribution in [2.75, 3.05) is 0 Å². The zero-order valence-electron chi connectivity index (χ0n) is 72.0. The first-order chi connectivity index (χ1) is 60.4. The van der Waals surface area contributed by atoms with Crippen molar-refractivity contribution >= 4 is 109 Å². The molecule has 0 fully saturated rings. The van der Waals surface area contributed by atoms with Crippen LogP contribution in [-0.4, -0.2) is 32.8 Å². The van der Waals surface area contributed by atoms with Crippen LogP contribution in [0.3, 0.4) is 0 Å². The summed E-state index contributed by atoms with van der Waals surface area (Å²) in [6, 6.07) is 116. The van der Waals surface area contributed by atoms with E-state index in [2.05, 4.69) is 397 Å². The van der Waals surface area contributed by atoms with Crippen LogP contribution in [0, 0.1) is 45.3 Å². The highest BCUT2D eigenvalue weighted by Gasteiger charge is 2.31. The van der Waals surface area contributed by atoms with E-state index < -0.39 is 0 Å². The molecule has 0 unspecified atom stereocenters. The molecule has 0 spiro atoms. The number of aromatic nitrogens is 7. The van der Waals surface area contributed by atoms with E-state index >= 15 is 0 Å². The summed E-state index contributed by atoms with van der Waals surface area (Å²) in [4.78, 5) is 10.4. The number of rotatable bonds is 9.